The van der Waals surface area contributed by atoms with Crippen molar-refractivity contribution in [3.8, 4) is 0 Å². The van der Waals surface area contributed by atoms with Crippen LogP contribution in [0.15, 0.2) is 76.2 Å². The van der Waals surface area contributed by atoms with Gasteiger partial charge in [0.2, 0.25) is 15.9 Å². The standard InChI is InChI=1S/C23H24ClN3O5S/c24-18-3-9-22(10-4-18)33(29,30)27(16-21-2-1-13-32-21)17-23(28)25-19-5-7-20(8-6-19)26-11-14-31-15-12-26/h1-10,13H,11-12,14-17H2,(H,25,28). The maximum atomic E-state index is 13.2. The molecule has 0 radical (unpaired) electrons. The minimum absolute atomic E-state index is 0.0427. The summed E-state index contributed by atoms with van der Waals surface area (Å²) in [6.07, 6.45) is 1.46. The van der Waals surface area contributed by atoms with E-state index >= 15 is 0 Å². The van der Waals surface area contributed by atoms with Gasteiger partial charge in [-0.05, 0) is 60.7 Å². The highest BCUT2D eigenvalue weighted by Gasteiger charge is 2.28. The second kappa shape index (κ2) is 10.4. The lowest BCUT2D eigenvalue weighted by atomic mass is 10.2. The van der Waals surface area contributed by atoms with Crippen molar-refractivity contribution in [3.63, 3.8) is 0 Å². The van der Waals surface area contributed by atoms with Gasteiger partial charge in [0.25, 0.3) is 0 Å². The van der Waals surface area contributed by atoms with Gasteiger partial charge in [-0.25, -0.2) is 8.42 Å². The summed E-state index contributed by atoms with van der Waals surface area (Å²) in [5.41, 5.74) is 1.62. The lowest BCUT2D eigenvalue weighted by Gasteiger charge is -2.29. The maximum Gasteiger partial charge on any atom is 0.243 e. The molecular weight excluding hydrogens is 466 g/mol. The molecule has 1 aliphatic rings. The fourth-order valence-electron chi connectivity index (χ4n) is 3.50. The predicted octanol–water partition coefficient (Wildman–Crippen LogP) is 3.60. The Kier molecular flexibility index (Phi) is 7.34. The number of carbonyl (C=O) groups excluding carboxylic acids is 1. The van der Waals surface area contributed by atoms with Crippen LogP contribution in [-0.4, -0.2) is 51.5 Å². The first-order chi connectivity index (χ1) is 15.9. The smallest absolute Gasteiger partial charge is 0.243 e. The molecule has 1 aromatic heterocycles. The molecule has 10 heteroatoms. The van der Waals surface area contributed by atoms with Crippen LogP contribution < -0.4 is 10.2 Å². The van der Waals surface area contributed by atoms with E-state index in [2.05, 4.69) is 10.2 Å². The normalized spacial score (nSPS) is 14.4. The lowest BCUT2D eigenvalue weighted by Crippen LogP contribution is -2.37. The monoisotopic (exact) mass is 489 g/mol. The van der Waals surface area contributed by atoms with E-state index in [1.807, 2.05) is 12.1 Å². The minimum Gasteiger partial charge on any atom is -0.468 e. The summed E-state index contributed by atoms with van der Waals surface area (Å²) in [4.78, 5) is 15.0. The number of furan rings is 1. The highest BCUT2D eigenvalue weighted by molar-refractivity contribution is 7.89. The van der Waals surface area contributed by atoms with E-state index in [0.717, 1.165) is 23.1 Å². The number of halogens is 1. The number of nitrogens with one attached hydrogen (secondary N) is 1. The van der Waals surface area contributed by atoms with Crippen LogP contribution in [0.5, 0.6) is 0 Å². The zero-order chi connectivity index (χ0) is 23.3. The average molecular weight is 490 g/mol. The van der Waals surface area contributed by atoms with Gasteiger partial charge in [-0.2, -0.15) is 4.31 Å². The third-order valence-corrected chi connectivity index (χ3v) is 7.27. The van der Waals surface area contributed by atoms with Crippen molar-refractivity contribution in [1.29, 1.82) is 0 Å². The minimum atomic E-state index is -3.97. The van der Waals surface area contributed by atoms with E-state index in [1.165, 1.54) is 30.5 Å². The van der Waals surface area contributed by atoms with E-state index in [-0.39, 0.29) is 18.0 Å². The topological polar surface area (TPSA) is 92.1 Å². The summed E-state index contributed by atoms with van der Waals surface area (Å²) < 4.78 is 38.2. The van der Waals surface area contributed by atoms with Gasteiger partial charge in [0.05, 0.1) is 37.5 Å². The molecule has 0 spiro atoms. The fraction of sp³-hybridized carbons (Fsp3) is 0.261. The van der Waals surface area contributed by atoms with Crippen LogP contribution in [0.1, 0.15) is 5.76 Å². The Bertz CT molecular complexity index is 1160. The summed E-state index contributed by atoms with van der Waals surface area (Å²) in [5, 5.41) is 3.20. The summed E-state index contributed by atoms with van der Waals surface area (Å²) in [6.45, 7) is 2.54. The van der Waals surface area contributed by atoms with Crippen molar-refractivity contribution in [3.05, 3.63) is 77.7 Å². The fourth-order valence-corrected chi connectivity index (χ4v) is 4.98. The van der Waals surface area contributed by atoms with Crippen LogP contribution in [0.4, 0.5) is 11.4 Å². The van der Waals surface area contributed by atoms with Crippen LogP contribution in [0, 0.1) is 0 Å². The van der Waals surface area contributed by atoms with E-state index in [0.29, 0.717) is 29.7 Å². The van der Waals surface area contributed by atoms with Crippen molar-refractivity contribution in [2.75, 3.05) is 43.1 Å². The van der Waals surface area contributed by atoms with Crippen LogP contribution in [-0.2, 0) is 26.1 Å². The molecule has 0 aliphatic carbocycles. The molecule has 33 heavy (non-hydrogen) atoms. The molecule has 1 saturated heterocycles. The zero-order valence-corrected chi connectivity index (χ0v) is 19.4. The van der Waals surface area contributed by atoms with Gasteiger partial charge in [-0.1, -0.05) is 11.6 Å². The van der Waals surface area contributed by atoms with Gasteiger partial charge in [0, 0.05) is 29.5 Å². The molecule has 0 bridgehead atoms. The first-order valence-electron chi connectivity index (χ1n) is 10.4. The quantitative estimate of drug-likeness (QED) is 0.519. The Labute approximate surface area is 197 Å². The number of hydrogen-bond donors (Lipinski definition) is 1. The van der Waals surface area contributed by atoms with Gasteiger partial charge < -0.3 is 19.4 Å². The molecule has 0 unspecified atom stereocenters. The van der Waals surface area contributed by atoms with E-state index in [1.54, 1.807) is 24.3 Å². The highest BCUT2D eigenvalue weighted by Crippen LogP contribution is 2.22. The van der Waals surface area contributed by atoms with Crippen LogP contribution in [0.25, 0.3) is 0 Å². The number of benzene rings is 2. The Morgan fingerprint density at radius 1 is 1.03 bits per heavy atom. The Balaban J connectivity index is 1.47. The third kappa shape index (κ3) is 5.94. The van der Waals surface area contributed by atoms with E-state index in [9.17, 15) is 13.2 Å². The zero-order valence-electron chi connectivity index (χ0n) is 17.8. The first kappa shape index (κ1) is 23.3. The molecule has 2 aromatic carbocycles. The van der Waals surface area contributed by atoms with Gasteiger partial charge in [-0.3, -0.25) is 4.79 Å². The van der Waals surface area contributed by atoms with Crippen molar-refractivity contribution in [2.24, 2.45) is 0 Å². The molecule has 0 atom stereocenters. The molecule has 1 aliphatic heterocycles. The number of amides is 1. The number of hydrogen-bond acceptors (Lipinski definition) is 6. The number of carbonyl (C=O) groups is 1. The Morgan fingerprint density at radius 2 is 1.73 bits per heavy atom. The number of nitrogens with zero attached hydrogens (tertiary/aromatic N) is 2. The molecule has 1 fully saturated rings. The molecule has 8 nitrogen and oxygen atoms in total. The maximum absolute atomic E-state index is 13.2. The van der Waals surface area contributed by atoms with Crippen LogP contribution in [0.3, 0.4) is 0 Å². The van der Waals surface area contributed by atoms with E-state index in [4.69, 9.17) is 20.8 Å². The lowest BCUT2D eigenvalue weighted by molar-refractivity contribution is -0.116. The second-order valence-corrected chi connectivity index (χ2v) is 9.88. The molecule has 1 amide bonds. The largest absolute Gasteiger partial charge is 0.468 e. The van der Waals surface area contributed by atoms with Crippen LogP contribution >= 0.6 is 11.6 Å². The molecule has 0 saturated carbocycles. The number of ether oxygens (including phenoxy) is 1. The van der Waals surface area contributed by atoms with Crippen molar-refractivity contribution < 1.29 is 22.4 Å². The number of morpholine rings is 1. The Hall–Kier alpha value is -2.85. The SMILES string of the molecule is O=C(CN(Cc1ccco1)S(=O)(=O)c1ccc(Cl)cc1)Nc1ccc(N2CCOCC2)cc1. The predicted molar refractivity (Wildman–Crippen MR) is 126 cm³/mol. The summed E-state index contributed by atoms with van der Waals surface area (Å²) in [6, 6.07) is 16.6. The molecule has 1 N–H and O–H groups in total. The molecule has 174 valence electrons. The van der Waals surface area contributed by atoms with Crippen molar-refractivity contribution in [2.45, 2.75) is 11.4 Å². The van der Waals surface area contributed by atoms with E-state index < -0.39 is 15.9 Å². The third-order valence-electron chi connectivity index (χ3n) is 5.21. The van der Waals surface area contributed by atoms with Crippen molar-refractivity contribution >= 4 is 38.9 Å². The molecule has 2 heterocycles. The highest BCUT2D eigenvalue weighted by atomic mass is 35.5. The molecular formula is C23H24ClN3O5S. The Morgan fingerprint density at radius 3 is 2.36 bits per heavy atom. The number of anilines is 2. The van der Waals surface area contributed by atoms with Gasteiger partial charge >= 0.3 is 0 Å². The summed E-state index contributed by atoms with van der Waals surface area (Å²) in [5.74, 6) is -0.0339. The second-order valence-electron chi connectivity index (χ2n) is 7.50. The average Bonchev–Trinajstić information content (AvgIpc) is 3.33. The summed E-state index contributed by atoms with van der Waals surface area (Å²) >= 11 is 5.89. The number of rotatable bonds is 8. The first-order valence-corrected chi connectivity index (χ1v) is 12.2. The van der Waals surface area contributed by atoms with Crippen LogP contribution in [0.2, 0.25) is 5.02 Å². The van der Waals surface area contributed by atoms with Gasteiger partial charge in [-0.15, -0.1) is 0 Å². The van der Waals surface area contributed by atoms with Crippen molar-refractivity contribution in [1.82, 2.24) is 4.31 Å². The molecule has 4 rings (SSSR count). The molecule has 3 aromatic rings. The van der Waals surface area contributed by atoms with Gasteiger partial charge in [0.1, 0.15) is 5.76 Å². The number of sulfonamides is 1. The summed E-state index contributed by atoms with van der Waals surface area (Å²) in [7, 11) is -3.97. The van der Waals surface area contributed by atoms with Gasteiger partial charge in [0.15, 0.2) is 0 Å².